The van der Waals surface area contributed by atoms with Gasteiger partial charge in [0.25, 0.3) is 0 Å². The monoisotopic (exact) mass is 167 g/mol. The first-order chi connectivity index (χ1) is 5.74. The molecule has 0 fully saturated rings. The predicted octanol–water partition coefficient (Wildman–Crippen LogP) is 0.254. The molecule has 1 atom stereocenters. The van der Waals surface area contributed by atoms with E-state index in [1.807, 2.05) is 6.07 Å². The number of rotatable bonds is 3. The highest BCUT2D eigenvalue weighted by Crippen LogP contribution is 2.16. The maximum absolute atomic E-state index is 9.30. The number of para-hydroxylation sites is 1. The van der Waals surface area contributed by atoms with E-state index in [0.717, 1.165) is 5.56 Å². The van der Waals surface area contributed by atoms with Crippen molar-refractivity contribution in [2.45, 2.75) is 12.5 Å². The van der Waals surface area contributed by atoms with Crippen LogP contribution in [-0.2, 0) is 6.42 Å². The van der Waals surface area contributed by atoms with Crippen LogP contribution in [0.2, 0.25) is 0 Å². The number of hydrogen-bond acceptors (Lipinski definition) is 3. The van der Waals surface area contributed by atoms with Crippen LogP contribution in [0.1, 0.15) is 5.56 Å². The molecule has 0 heterocycles. The number of aliphatic hydroxyl groups is 1. The van der Waals surface area contributed by atoms with Crippen molar-refractivity contribution in [2.24, 2.45) is 5.73 Å². The minimum Gasteiger partial charge on any atom is -0.508 e. The first-order valence-corrected chi connectivity index (χ1v) is 3.89. The van der Waals surface area contributed by atoms with Gasteiger partial charge in [-0.3, -0.25) is 0 Å². The Morgan fingerprint density at radius 1 is 1.33 bits per heavy atom. The molecule has 0 bridgehead atoms. The second kappa shape index (κ2) is 4.09. The lowest BCUT2D eigenvalue weighted by Gasteiger charge is -2.08. The Balaban J connectivity index is 2.69. The van der Waals surface area contributed by atoms with Crippen LogP contribution in [0.4, 0.5) is 0 Å². The van der Waals surface area contributed by atoms with E-state index in [1.54, 1.807) is 18.2 Å². The van der Waals surface area contributed by atoms with Crippen molar-refractivity contribution >= 4 is 0 Å². The predicted molar refractivity (Wildman–Crippen MR) is 46.9 cm³/mol. The highest BCUT2D eigenvalue weighted by molar-refractivity contribution is 5.32. The topological polar surface area (TPSA) is 66.5 Å². The number of aliphatic hydroxyl groups excluding tert-OH is 1. The zero-order valence-corrected chi connectivity index (χ0v) is 6.77. The molecule has 66 valence electrons. The Hall–Kier alpha value is -1.06. The van der Waals surface area contributed by atoms with Crippen molar-refractivity contribution in [3.63, 3.8) is 0 Å². The largest absolute Gasteiger partial charge is 0.508 e. The summed E-state index contributed by atoms with van der Waals surface area (Å²) < 4.78 is 0. The molecule has 1 rings (SSSR count). The van der Waals surface area contributed by atoms with Crippen LogP contribution >= 0.6 is 0 Å². The first-order valence-electron chi connectivity index (χ1n) is 3.89. The highest BCUT2D eigenvalue weighted by Gasteiger charge is 2.05. The molecule has 1 unspecified atom stereocenters. The summed E-state index contributed by atoms with van der Waals surface area (Å²) in [5, 5.41) is 18.5. The normalized spacial score (nSPS) is 12.8. The van der Waals surface area contributed by atoms with E-state index in [1.165, 1.54) is 0 Å². The number of benzene rings is 1. The average Bonchev–Trinajstić information content (AvgIpc) is 2.09. The molecule has 4 N–H and O–H groups in total. The summed E-state index contributed by atoms with van der Waals surface area (Å²) in [6, 6.07) is 6.93. The van der Waals surface area contributed by atoms with E-state index in [0.29, 0.717) is 6.42 Å². The lowest BCUT2D eigenvalue weighted by atomic mass is 10.1. The van der Waals surface area contributed by atoms with Gasteiger partial charge in [0.15, 0.2) is 0 Å². The maximum Gasteiger partial charge on any atom is 0.118 e. The van der Waals surface area contributed by atoms with Crippen LogP contribution < -0.4 is 5.73 Å². The van der Waals surface area contributed by atoms with Gasteiger partial charge in [-0.05, 0) is 11.6 Å². The molecule has 0 aromatic heterocycles. The molecular weight excluding hydrogens is 154 g/mol. The van der Waals surface area contributed by atoms with Gasteiger partial charge in [0, 0.05) is 13.0 Å². The smallest absolute Gasteiger partial charge is 0.118 e. The van der Waals surface area contributed by atoms with Crippen LogP contribution in [0.15, 0.2) is 24.3 Å². The van der Waals surface area contributed by atoms with E-state index in [9.17, 15) is 10.2 Å². The molecule has 3 heteroatoms. The summed E-state index contributed by atoms with van der Waals surface area (Å²) in [4.78, 5) is 0. The second-order valence-corrected chi connectivity index (χ2v) is 2.72. The molecule has 0 aliphatic rings. The van der Waals surface area contributed by atoms with E-state index in [2.05, 4.69) is 0 Å². The van der Waals surface area contributed by atoms with Gasteiger partial charge in [-0.1, -0.05) is 18.2 Å². The average molecular weight is 167 g/mol. The number of phenols is 1. The fourth-order valence-electron chi connectivity index (χ4n) is 1.02. The van der Waals surface area contributed by atoms with Crippen molar-refractivity contribution in [3.8, 4) is 5.75 Å². The van der Waals surface area contributed by atoms with Crippen LogP contribution in [0, 0.1) is 0 Å². The van der Waals surface area contributed by atoms with Gasteiger partial charge in [-0.2, -0.15) is 0 Å². The van der Waals surface area contributed by atoms with E-state index >= 15 is 0 Å². The molecule has 1 aromatic rings. The zero-order chi connectivity index (χ0) is 8.97. The Morgan fingerprint density at radius 3 is 2.58 bits per heavy atom. The van der Waals surface area contributed by atoms with Gasteiger partial charge in [-0.15, -0.1) is 0 Å². The van der Waals surface area contributed by atoms with Gasteiger partial charge in [0.2, 0.25) is 0 Å². The third-order valence-electron chi connectivity index (χ3n) is 1.72. The molecule has 0 saturated carbocycles. The first kappa shape index (κ1) is 9.03. The summed E-state index contributed by atoms with van der Waals surface area (Å²) in [6.45, 7) is 0.217. The Kier molecular flexibility index (Phi) is 3.08. The summed E-state index contributed by atoms with van der Waals surface area (Å²) in [5.41, 5.74) is 5.97. The van der Waals surface area contributed by atoms with E-state index in [-0.39, 0.29) is 12.3 Å². The number of nitrogens with two attached hydrogens (primary N) is 1. The van der Waals surface area contributed by atoms with E-state index < -0.39 is 6.10 Å². The fraction of sp³-hybridized carbons (Fsp3) is 0.333. The standard InChI is InChI=1S/C9H13NO2/c10-6-8(11)5-7-3-1-2-4-9(7)12/h1-4,8,11-12H,5-6,10H2. The molecule has 1 aromatic carbocycles. The molecule has 0 amide bonds. The highest BCUT2D eigenvalue weighted by atomic mass is 16.3. The summed E-state index contributed by atoms with van der Waals surface area (Å²) >= 11 is 0. The Bertz CT molecular complexity index is 250. The summed E-state index contributed by atoms with van der Waals surface area (Å²) in [5.74, 6) is 0.213. The van der Waals surface area contributed by atoms with Crippen LogP contribution in [0.3, 0.4) is 0 Å². The maximum atomic E-state index is 9.30. The van der Waals surface area contributed by atoms with E-state index in [4.69, 9.17) is 5.73 Å². The molecule has 0 radical (unpaired) electrons. The van der Waals surface area contributed by atoms with Gasteiger partial charge in [0.1, 0.15) is 5.75 Å². The van der Waals surface area contributed by atoms with Crippen molar-refractivity contribution < 1.29 is 10.2 Å². The molecule has 0 spiro atoms. The van der Waals surface area contributed by atoms with Gasteiger partial charge >= 0.3 is 0 Å². The van der Waals surface area contributed by atoms with Crippen molar-refractivity contribution in [1.29, 1.82) is 0 Å². The molecule has 12 heavy (non-hydrogen) atoms. The lowest BCUT2D eigenvalue weighted by molar-refractivity contribution is 0.182. The summed E-state index contributed by atoms with van der Waals surface area (Å²) in [6.07, 6.45) is -0.165. The van der Waals surface area contributed by atoms with Crippen molar-refractivity contribution in [3.05, 3.63) is 29.8 Å². The SMILES string of the molecule is NCC(O)Cc1ccccc1O. The number of hydrogen-bond donors (Lipinski definition) is 3. The lowest BCUT2D eigenvalue weighted by Crippen LogP contribution is -2.21. The third kappa shape index (κ3) is 2.22. The van der Waals surface area contributed by atoms with Crippen LogP contribution in [-0.4, -0.2) is 22.9 Å². The van der Waals surface area contributed by atoms with Crippen LogP contribution in [0.25, 0.3) is 0 Å². The number of aromatic hydroxyl groups is 1. The van der Waals surface area contributed by atoms with Crippen LogP contribution in [0.5, 0.6) is 5.75 Å². The van der Waals surface area contributed by atoms with Gasteiger partial charge in [-0.25, -0.2) is 0 Å². The van der Waals surface area contributed by atoms with Gasteiger partial charge in [0.05, 0.1) is 6.10 Å². The Morgan fingerprint density at radius 2 is 2.00 bits per heavy atom. The molecular formula is C9H13NO2. The minimum atomic E-state index is -0.571. The molecule has 0 aliphatic carbocycles. The quantitative estimate of drug-likeness (QED) is 0.604. The number of phenolic OH excluding ortho intramolecular Hbond substituents is 1. The van der Waals surface area contributed by atoms with Gasteiger partial charge < -0.3 is 15.9 Å². The molecule has 3 nitrogen and oxygen atoms in total. The zero-order valence-electron chi connectivity index (χ0n) is 6.77. The van der Waals surface area contributed by atoms with Crippen molar-refractivity contribution in [1.82, 2.24) is 0 Å². The molecule has 0 aliphatic heterocycles. The minimum absolute atomic E-state index is 0.213. The summed E-state index contributed by atoms with van der Waals surface area (Å²) in [7, 11) is 0. The Labute approximate surface area is 71.5 Å². The molecule has 0 saturated heterocycles. The second-order valence-electron chi connectivity index (χ2n) is 2.72. The van der Waals surface area contributed by atoms with Crippen molar-refractivity contribution in [2.75, 3.05) is 6.54 Å². The third-order valence-corrected chi connectivity index (χ3v) is 1.72. The fourth-order valence-corrected chi connectivity index (χ4v) is 1.02.